The minimum Gasteiger partial charge on any atom is -0.480 e. The lowest BCUT2D eigenvalue weighted by atomic mass is 9.66. The van der Waals surface area contributed by atoms with Gasteiger partial charge in [0.25, 0.3) is 0 Å². The predicted molar refractivity (Wildman–Crippen MR) is 62.1 cm³/mol. The highest BCUT2D eigenvalue weighted by Gasteiger charge is 2.46. The summed E-state index contributed by atoms with van der Waals surface area (Å²) in [5, 5.41) is 35.9. The Balaban J connectivity index is 2.63. The smallest absolute Gasteiger partial charge is 0.451 e. The van der Waals surface area contributed by atoms with E-state index in [-0.39, 0.29) is 25.3 Å². The summed E-state index contributed by atoms with van der Waals surface area (Å²) in [5.41, 5.74) is 4.48. The first-order chi connectivity index (χ1) is 7.90. The third kappa shape index (κ3) is 3.42. The first-order valence-electron chi connectivity index (χ1n) is 5.89. The molecule has 3 unspecified atom stereocenters. The van der Waals surface area contributed by atoms with Gasteiger partial charge in [0.15, 0.2) is 0 Å². The SMILES string of the molecule is NC1(C(=O)O)CC(CCB(O)O)CCC1CO. The maximum atomic E-state index is 11.2. The van der Waals surface area contributed by atoms with Crippen LogP contribution in [0.4, 0.5) is 0 Å². The van der Waals surface area contributed by atoms with Crippen LogP contribution in [0.3, 0.4) is 0 Å². The zero-order valence-electron chi connectivity index (χ0n) is 9.75. The lowest BCUT2D eigenvalue weighted by molar-refractivity contribution is -0.149. The van der Waals surface area contributed by atoms with Gasteiger partial charge in [-0.2, -0.15) is 0 Å². The summed E-state index contributed by atoms with van der Waals surface area (Å²) in [6.07, 6.45) is 2.38. The minimum absolute atomic E-state index is 0.0701. The number of nitrogens with two attached hydrogens (primary N) is 1. The number of aliphatic carboxylic acids is 1. The summed E-state index contributed by atoms with van der Waals surface area (Å²) in [6.45, 7) is -0.224. The highest BCUT2D eigenvalue weighted by atomic mass is 16.4. The van der Waals surface area contributed by atoms with E-state index in [2.05, 4.69) is 0 Å². The Kier molecular flexibility index (Phi) is 4.94. The summed E-state index contributed by atoms with van der Waals surface area (Å²) in [4.78, 5) is 11.2. The van der Waals surface area contributed by atoms with Crippen LogP contribution in [0.5, 0.6) is 0 Å². The van der Waals surface area contributed by atoms with Gasteiger partial charge in [-0.05, 0) is 31.5 Å². The van der Waals surface area contributed by atoms with Gasteiger partial charge in [0.1, 0.15) is 5.54 Å². The standard InChI is InChI=1S/C10H20BNO5/c12-10(9(14)15)5-7(3-4-11(16)17)1-2-8(10)6-13/h7-8,13,16-17H,1-6,12H2,(H,14,15). The monoisotopic (exact) mass is 245 g/mol. The topological polar surface area (TPSA) is 124 Å². The Morgan fingerprint density at radius 2 is 2.06 bits per heavy atom. The molecule has 0 radical (unpaired) electrons. The number of aliphatic hydroxyl groups is 1. The largest absolute Gasteiger partial charge is 0.480 e. The first kappa shape index (κ1) is 14.4. The maximum Gasteiger partial charge on any atom is 0.451 e. The van der Waals surface area contributed by atoms with Gasteiger partial charge in [-0.15, -0.1) is 0 Å². The number of hydrogen-bond donors (Lipinski definition) is 5. The fraction of sp³-hybridized carbons (Fsp3) is 0.900. The van der Waals surface area contributed by atoms with Crippen molar-refractivity contribution in [3.63, 3.8) is 0 Å². The number of aliphatic hydroxyl groups excluding tert-OH is 1. The molecule has 98 valence electrons. The molecule has 1 fully saturated rings. The predicted octanol–water partition coefficient (Wildman–Crippen LogP) is -0.960. The van der Waals surface area contributed by atoms with E-state index in [0.29, 0.717) is 12.8 Å². The third-order valence-electron chi connectivity index (χ3n) is 3.73. The normalized spacial score (nSPS) is 33.4. The van der Waals surface area contributed by atoms with E-state index in [1.54, 1.807) is 0 Å². The molecular weight excluding hydrogens is 225 g/mol. The minimum atomic E-state index is -1.39. The van der Waals surface area contributed by atoms with Crippen molar-refractivity contribution < 1.29 is 25.1 Å². The molecular formula is C10H20BNO5. The van der Waals surface area contributed by atoms with Crippen molar-refractivity contribution in [2.45, 2.75) is 37.5 Å². The molecule has 0 aromatic rings. The van der Waals surface area contributed by atoms with Gasteiger partial charge >= 0.3 is 13.1 Å². The van der Waals surface area contributed by atoms with E-state index in [1.165, 1.54) is 0 Å². The molecule has 0 amide bonds. The molecule has 3 atom stereocenters. The zero-order chi connectivity index (χ0) is 13.1. The van der Waals surface area contributed by atoms with Crippen LogP contribution >= 0.6 is 0 Å². The number of carboxylic acids is 1. The summed E-state index contributed by atoms with van der Waals surface area (Å²) >= 11 is 0. The molecule has 1 saturated carbocycles. The van der Waals surface area contributed by atoms with E-state index >= 15 is 0 Å². The highest BCUT2D eigenvalue weighted by molar-refractivity contribution is 6.40. The fourth-order valence-electron chi connectivity index (χ4n) is 2.59. The first-order valence-corrected chi connectivity index (χ1v) is 5.89. The van der Waals surface area contributed by atoms with Crippen LogP contribution in [0.25, 0.3) is 0 Å². The molecule has 6 N–H and O–H groups in total. The van der Waals surface area contributed by atoms with Crippen molar-refractivity contribution in [3.8, 4) is 0 Å². The van der Waals surface area contributed by atoms with Crippen molar-refractivity contribution >= 4 is 13.1 Å². The summed E-state index contributed by atoms with van der Waals surface area (Å²) in [7, 11) is -1.36. The molecule has 1 aliphatic rings. The Labute approximate surface area is 101 Å². The van der Waals surface area contributed by atoms with Crippen molar-refractivity contribution in [3.05, 3.63) is 0 Å². The van der Waals surface area contributed by atoms with E-state index < -0.39 is 24.5 Å². The van der Waals surface area contributed by atoms with E-state index in [4.69, 9.17) is 26.0 Å². The second kappa shape index (κ2) is 5.81. The van der Waals surface area contributed by atoms with Gasteiger partial charge in [0, 0.05) is 12.5 Å². The highest BCUT2D eigenvalue weighted by Crippen LogP contribution is 2.37. The maximum absolute atomic E-state index is 11.2. The van der Waals surface area contributed by atoms with E-state index in [0.717, 1.165) is 6.42 Å². The molecule has 0 spiro atoms. The average Bonchev–Trinajstić information content (AvgIpc) is 2.26. The Hall–Kier alpha value is -0.625. The van der Waals surface area contributed by atoms with Crippen LogP contribution in [0.2, 0.25) is 6.32 Å². The quantitative estimate of drug-likeness (QED) is 0.397. The lowest BCUT2D eigenvalue weighted by Gasteiger charge is -2.40. The Morgan fingerprint density at radius 3 is 2.53 bits per heavy atom. The molecule has 0 saturated heterocycles. The van der Waals surface area contributed by atoms with Gasteiger partial charge in [-0.25, -0.2) is 0 Å². The number of rotatable bonds is 5. The van der Waals surface area contributed by atoms with Crippen molar-refractivity contribution in [1.82, 2.24) is 0 Å². The van der Waals surface area contributed by atoms with Crippen LogP contribution in [-0.4, -0.2) is 45.5 Å². The molecule has 0 aliphatic heterocycles. The second-order valence-electron chi connectivity index (χ2n) is 4.93. The van der Waals surface area contributed by atoms with Crippen molar-refractivity contribution in [1.29, 1.82) is 0 Å². The zero-order valence-corrected chi connectivity index (χ0v) is 9.75. The average molecular weight is 245 g/mol. The van der Waals surface area contributed by atoms with Crippen LogP contribution in [0.1, 0.15) is 25.7 Å². The van der Waals surface area contributed by atoms with Gasteiger partial charge < -0.3 is 26.0 Å². The van der Waals surface area contributed by atoms with Crippen LogP contribution < -0.4 is 5.73 Å². The molecule has 17 heavy (non-hydrogen) atoms. The number of carboxylic acid groups (broad SMARTS) is 1. The Morgan fingerprint density at radius 1 is 1.41 bits per heavy atom. The summed E-state index contributed by atoms with van der Waals surface area (Å²) in [6, 6.07) is 0. The molecule has 1 rings (SSSR count). The fourth-order valence-corrected chi connectivity index (χ4v) is 2.59. The molecule has 6 nitrogen and oxygen atoms in total. The van der Waals surface area contributed by atoms with Gasteiger partial charge in [-0.3, -0.25) is 4.79 Å². The molecule has 7 heteroatoms. The molecule has 0 bridgehead atoms. The van der Waals surface area contributed by atoms with Gasteiger partial charge in [0.2, 0.25) is 0 Å². The second-order valence-corrected chi connectivity index (χ2v) is 4.93. The van der Waals surface area contributed by atoms with Crippen LogP contribution in [0, 0.1) is 11.8 Å². The molecule has 0 heterocycles. The van der Waals surface area contributed by atoms with Crippen LogP contribution in [0.15, 0.2) is 0 Å². The van der Waals surface area contributed by atoms with Gasteiger partial charge in [-0.1, -0.05) is 6.42 Å². The summed E-state index contributed by atoms with van der Waals surface area (Å²) < 4.78 is 0. The summed E-state index contributed by atoms with van der Waals surface area (Å²) in [5.74, 6) is -1.44. The van der Waals surface area contributed by atoms with E-state index in [9.17, 15) is 4.79 Å². The molecule has 0 aromatic heterocycles. The number of hydrogen-bond acceptors (Lipinski definition) is 5. The third-order valence-corrected chi connectivity index (χ3v) is 3.73. The Bertz CT molecular complexity index is 275. The number of carbonyl (C=O) groups is 1. The van der Waals surface area contributed by atoms with E-state index in [1.807, 2.05) is 0 Å². The van der Waals surface area contributed by atoms with Crippen molar-refractivity contribution in [2.75, 3.05) is 6.61 Å². The molecule has 1 aliphatic carbocycles. The van der Waals surface area contributed by atoms with Gasteiger partial charge in [0.05, 0.1) is 0 Å². The lowest BCUT2D eigenvalue weighted by Crippen LogP contribution is -2.58. The van der Waals surface area contributed by atoms with Crippen LogP contribution in [-0.2, 0) is 4.79 Å². The van der Waals surface area contributed by atoms with Crippen molar-refractivity contribution in [2.24, 2.45) is 17.6 Å². The molecule has 0 aromatic carbocycles.